The van der Waals surface area contributed by atoms with Crippen LogP contribution in [0, 0.1) is 0 Å². The second-order valence-electron chi connectivity index (χ2n) is 12.5. The van der Waals surface area contributed by atoms with Crippen molar-refractivity contribution in [2.45, 2.75) is 0 Å². The number of pyridine rings is 2. The van der Waals surface area contributed by atoms with Crippen molar-refractivity contribution in [2.24, 2.45) is 0 Å². The smallest absolute Gasteiger partial charge is 0.146 e. The molecule has 0 unspecified atom stereocenters. The maximum absolute atomic E-state index is 5.24. The zero-order valence-corrected chi connectivity index (χ0v) is 26.5. The van der Waals surface area contributed by atoms with Crippen molar-refractivity contribution in [1.29, 1.82) is 0 Å². The highest BCUT2D eigenvalue weighted by atomic mass is 15.1. The van der Waals surface area contributed by atoms with E-state index in [1.807, 2.05) is 36.9 Å². The van der Waals surface area contributed by atoms with E-state index in [1.165, 1.54) is 37.9 Å². The van der Waals surface area contributed by atoms with Crippen molar-refractivity contribution < 1.29 is 0 Å². The van der Waals surface area contributed by atoms with Crippen LogP contribution in [0.5, 0.6) is 0 Å². The first kappa shape index (κ1) is 27.5. The topological polar surface area (TPSA) is 43.6 Å². The molecule has 49 heavy (non-hydrogen) atoms. The van der Waals surface area contributed by atoms with E-state index in [1.54, 1.807) is 0 Å². The van der Waals surface area contributed by atoms with Gasteiger partial charge < -0.3 is 0 Å². The molecule has 0 N–H and O–H groups in total. The number of rotatable bonds is 5. The lowest BCUT2D eigenvalue weighted by atomic mass is 9.87. The Bertz CT molecular complexity index is 2750. The summed E-state index contributed by atoms with van der Waals surface area (Å²) < 4.78 is 2.29. The number of benzene rings is 7. The number of para-hydroxylation sites is 3. The number of hydrogen-bond donors (Lipinski definition) is 0. The highest BCUT2D eigenvalue weighted by Crippen LogP contribution is 2.44. The summed E-state index contributed by atoms with van der Waals surface area (Å²) in [6.45, 7) is 0. The highest BCUT2D eigenvalue weighted by molar-refractivity contribution is 6.27. The van der Waals surface area contributed by atoms with Crippen molar-refractivity contribution in [1.82, 2.24) is 19.5 Å². The molecule has 0 atom stereocenters. The van der Waals surface area contributed by atoms with Gasteiger partial charge >= 0.3 is 0 Å². The maximum atomic E-state index is 5.24. The van der Waals surface area contributed by atoms with Gasteiger partial charge in [-0.1, -0.05) is 84.9 Å². The molecule has 0 amide bonds. The zero-order chi connectivity index (χ0) is 32.3. The van der Waals surface area contributed by atoms with Crippen LogP contribution in [0.2, 0.25) is 0 Å². The van der Waals surface area contributed by atoms with Crippen LogP contribution in [0.1, 0.15) is 0 Å². The van der Waals surface area contributed by atoms with Crippen LogP contribution in [-0.2, 0) is 0 Å². The fourth-order valence-corrected chi connectivity index (χ4v) is 7.48. The SMILES string of the molecule is c1ccc(-n2c(-c3ccc4ccc5c(-c6cc(-c7cccnc7)cc(-c7cccnc7)c6)ccc6ccc3c4c65)nc3ccccc32)cc1. The summed E-state index contributed by atoms with van der Waals surface area (Å²) in [7, 11) is 0. The van der Waals surface area contributed by atoms with Gasteiger partial charge in [-0.3, -0.25) is 14.5 Å². The Hall–Kier alpha value is -6.65. The Morgan fingerprint density at radius 1 is 0.429 bits per heavy atom. The van der Waals surface area contributed by atoms with Crippen molar-refractivity contribution in [3.05, 3.63) is 170 Å². The quantitative estimate of drug-likeness (QED) is 0.179. The van der Waals surface area contributed by atoms with E-state index in [2.05, 4.69) is 148 Å². The number of fused-ring (bicyclic) bond motifs is 1. The molecule has 0 radical (unpaired) electrons. The molecule has 0 spiro atoms. The van der Waals surface area contributed by atoms with Crippen LogP contribution in [-0.4, -0.2) is 19.5 Å². The third-order valence-corrected chi connectivity index (χ3v) is 9.71. The minimum atomic E-state index is 0.941. The van der Waals surface area contributed by atoms with E-state index >= 15 is 0 Å². The number of aromatic nitrogens is 4. The van der Waals surface area contributed by atoms with Gasteiger partial charge in [-0.15, -0.1) is 0 Å². The molecule has 10 aromatic rings. The number of imidazole rings is 1. The average Bonchev–Trinajstić information content (AvgIpc) is 3.57. The molecule has 0 aliphatic heterocycles. The van der Waals surface area contributed by atoms with Gasteiger partial charge in [0.15, 0.2) is 0 Å². The van der Waals surface area contributed by atoms with Crippen LogP contribution < -0.4 is 0 Å². The van der Waals surface area contributed by atoms with Crippen LogP contribution >= 0.6 is 0 Å². The lowest BCUT2D eigenvalue weighted by Gasteiger charge is -2.18. The maximum Gasteiger partial charge on any atom is 0.146 e. The second kappa shape index (κ2) is 11.0. The molecule has 0 aliphatic carbocycles. The number of hydrogen-bond acceptors (Lipinski definition) is 3. The summed E-state index contributed by atoms with van der Waals surface area (Å²) >= 11 is 0. The Balaban J connectivity index is 1.24. The van der Waals surface area contributed by atoms with Crippen LogP contribution in [0.4, 0.5) is 0 Å². The van der Waals surface area contributed by atoms with Gasteiger partial charge in [-0.2, -0.15) is 0 Å². The summed E-state index contributed by atoms with van der Waals surface area (Å²) in [6.07, 6.45) is 7.50. The van der Waals surface area contributed by atoms with E-state index in [4.69, 9.17) is 4.98 Å². The molecule has 0 fully saturated rings. The Morgan fingerprint density at radius 2 is 1.00 bits per heavy atom. The Morgan fingerprint density at radius 3 is 1.65 bits per heavy atom. The normalized spacial score (nSPS) is 11.7. The fourth-order valence-electron chi connectivity index (χ4n) is 7.48. The third kappa shape index (κ3) is 4.42. The fraction of sp³-hybridized carbons (Fsp3) is 0. The van der Waals surface area contributed by atoms with Gasteiger partial charge in [-0.05, 0) is 115 Å². The predicted molar refractivity (Wildman–Crippen MR) is 202 cm³/mol. The molecule has 228 valence electrons. The van der Waals surface area contributed by atoms with E-state index in [0.717, 1.165) is 55.9 Å². The lowest BCUT2D eigenvalue weighted by Crippen LogP contribution is -1.98. The standard InChI is InChI=1S/C45H28N4/c1-2-10-36(11-3-1)49-42-13-5-4-12-41(42)48-45(49)40-21-17-30-15-19-38-37(18-14-29-16-20-39(40)44(30)43(29)38)35-25-33(31-8-6-22-46-27-31)24-34(26-35)32-9-7-23-47-28-32/h1-28H. The average molecular weight is 625 g/mol. The minimum absolute atomic E-state index is 0.941. The van der Waals surface area contributed by atoms with Gasteiger partial charge in [0.05, 0.1) is 11.0 Å². The first-order valence-electron chi connectivity index (χ1n) is 16.5. The van der Waals surface area contributed by atoms with E-state index in [0.29, 0.717) is 0 Å². The molecule has 0 saturated heterocycles. The van der Waals surface area contributed by atoms with Crippen LogP contribution in [0.15, 0.2) is 170 Å². The first-order chi connectivity index (χ1) is 24.3. The van der Waals surface area contributed by atoms with Gasteiger partial charge in [0, 0.05) is 47.2 Å². The summed E-state index contributed by atoms with van der Waals surface area (Å²) in [4.78, 5) is 14.1. The molecular weight excluding hydrogens is 597 g/mol. The second-order valence-corrected chi connectivity index (χ2v) is 12.5. The summed E-state index contributed by atoms with van der Waals surface area (Å²) in [5, 5.41) is 7.39. The first-order valence-corrected chi connectivity index (χ1v) is 16.5. The van der Waals surface area contributed by atoms with Gasteiger partial charge in [0.1, 0.15) is 5.82 Å². The summed E-state index contributed by atoms with van der Waals surface area (Å²) in [6, 6.07) is 52.1. The van der Waals surface area contributed by atoms with Crippen LogP contribution in [0.3, 0.4) is 0 Å². The molecule has 3 heterocycles. The Labute approximate surface area is 283 Å². The minimum Gasteiger partial charge on any atom is -0.292 e. The summed E-state index contributed by atoms with van der Waals surface area (Å²) in [5.74, 6) is 0.941. The highest BCUT2D eigenvalue weighted by Gasteiger charge is 2.20. The van der Waals surface area contributed by atoms with Gasteiger partial charge in [0.25, 0.3) is 0 Å². The molecule has 7 aromatic carbocycles. The number of nitrogens with zero attached hydrogens (tertiary/aromatic N) is 4. The lowest BCUT2D eigenvalue weighted by molar-refractivity contribution is 1.11. The monoisotopic (exact) mass is 624 g/mol. The van der Waals surface area contributed by atoms with E-state index in [-0.39, 0.29) is 0 Å². The molecule has 0 aliphatic rings. The largest absolute Gasteiger partial charge is 0.292 e. The predicted octanol–water partition coefficient (Wildman–Crippen LogP) is 11.4. The van der Waals surface area contributed by atoms with Crippen molar-refractivity contribution in [2.75, 3.05) is 0 Å². The Kier molecular flexibility index (Phi) is 6.15. The van der Waals surface area contributed by atoms with Gasteiger partial charge in [0.2, 0.25) is 0 Å². The van der Waals surface area contributed by atoms with Gasteiger partial charge in [-0.25, -0.2) is 4.98 Å². The van der Waals surface area contributed by atoms with Crippen molar-refractivity contribution in [3.63, 3.8) is 0 Å². The molecule has 4 nitrogen and oxygen atoms in total. The molecular formula is C45H28N4. The zero-order valence-electron chi connectivity index (χ0n) is 26.5. The molecule has 3 aromatic heterocycles. The molecule has 0 saturated carbocycles. The molecule has 4 heteroatoms. The van der Waals surface area contributed by atoms with Crippen molar-refractivity contribution >= 4 is 43.4 Å². The third-order valence-electron chi connectivity index (χ3n) is 9.71. The van der Waals surface area contributed by atoms with Crippen LogP contribution in [0.25, 0.3) is 93.8 Å². The van der Waals surface area contributed by atoms with E-state index in [9.17, 15) is 0 Å². The van der Waals surface area contributed by atoms with E-state index < -0.39 is 0 Å². The molecule has 10 rings (SSSR count). The summed E-state index contributed by atoms with van der Waals surface area (Å²) in [5.41, 5.74) is 11.0. The van der Waals surface area contributed by atoms with Crippen molar-refractivity contribution in [3.8, 4) is 50.5 Å². The molecule has 0 bridgehead atoms.